The first-order chi connectivity index (χ1) is 10.2. The van der Waals surface area contributed by atoms with Crippen molar-refractivity contribution in [2.45, 2.75) is 57.0 Å². The van der Waals surface area contributed by atoms with Crippen molar-refractivity contribution in [3.8, 4) is 0 Å². The van der Waals surface area contributed by atoms with Gasteiger partial charge in [-0.05, 0) is 37.0 Å². The fourth-order valence-corrected chi connectivity index (χ4v) is 4.60. The van der Waals surface area contributed by atoms with E-state index in [1.165, 1.54) is 61.7 Å². The molecule has 1 aliphatic carbocycles. The van der Waals surface area contributed by atoms with Crippen molar-refractivity contribution in [1.29, 1.82) is 0 Å². The zero-order chi connectivity index (χ0) is 14.7. The molecular formula is C18H27BrN2. The van der Waals surface area contributed by atoms with Crippen LogP contribution in [-0.2, 0) is 0 Å². The van der Waals surface area contributed by atoms with Crippen LogP contribution in [0.5, 0.6) is 0 Å². The molecule has 1 aromatic carbocycles. The Morgan fingerprint density at radius 2 is 1.90 bits per heavy atom. The van der Waals surface area contributed by atoms with Gasteiger partial charge in [0, 0.05) is 35.7 Å². The Morgan fingerprint density at radius 3 is 2.57 bits per heavy atom. The number of benzene rings is 1. The molecule has 0 aromatic heterocycles. The van der Waals surface area contributed by atoms with E-state index in [1.54, 1.807) is 0 Å². The highest BCUT2D eigenvalue weighted by Crippen LogP contribution is 2.40. The Kier molecular flexibility index (Phi) is 5.03. The highest BCUT2D eigenvalue weighted by molar-refractivity contribution is 9.10. The zero-order valence-electron chi connectivity index (χ0n) is 13.1. The third-order valence-electron chi connectivity index (χ3n) is 5.39. The highest BCUT2D eigenvalue weighted by Gasteiger charge is 2.42. The van der Waals surface area contributed by atoms with Crippen molar-refractivity contribution in [1.82, 2.24) is 10.2 Å². The number of nitrogens with zero attached hydrogens (tertiary/aromatic N) is 1. The quantitative estimate of drug-likeness (QED) is 0.862. The van der Waals surface area contributed by atoms with Crippen LogP contribution in [-0.4, -0.2) is 30.1 Å². The Bertz CT molecular complexity index is 443. The normalized spacial score (nSPS) is 24.1. The zero-order valence-corrected chi connectivity index (χ0v) is 14.7. The van der Waals surface area contributed by atoms with E-state index in [0.717, 1.165) is 6.54 Å². The van der Waals surface area contributed by atoms with Crippen LogP contribution in [0.15, 0.2) is 28.7 Å². The van der Waals surface area contributed by atoms with Crippen molar-refractivity contribution in [3.05, 3.63) is 34.3 Å². The average Bonchev–Trinajstić information content (AvgIpc) is 2.52. The van der Waals surface area contributed by atoms with Crippen molar-refractivity contribution in [2.75, 3.05) is 19.6 Å². The molecule has 1 N–H and O–H groups in total. The minimum absolute atomic E-state index is 0.407. The number of hydrogen-bond donors (Lipinski definition) is 1. The minimum Gasteiger partial charge on any atom is -0.314 e. The fraction of sp³-hybridized carbons (Fsp3) is 0.667. The molecule has 1 aliphatic heterocycles. The van der Waals surface area contributed by atoms with Crippen molar-refractivity contribution in [2.24, 2.45) is 0 Å². The molecule has 1 spiro atoms. The summed E-state index contributed by atoms with van der Waals surface area (Å²) < 4.78 is 1.17. The molecule has 116 valence electrons. The van der Waals surface area contributed by atoms with Crippen LogP contribution >= 0.6 is 15.9 Å². The van der Waals surface area contributed by atoms with Gasteiger partial charge in [0.15, 0.2) is 0 Å². The lowest BCUT2D eigenvalue weighted by Gasteiger charge is -2.53. The Balaban J connectivity index is 1.88. The molecule has 1 saturated heterocycles. The molecular weight excluding hydrogens is 324 g/mol. The molecule has 21 heavy (non-hydrogen) atoms. The van der Waals surface area contributed by atoms with E-state index in [2.05, 4.69) is 57.3 Å². The lowest BCUT2D eigenvalue weighted by Crippen LogP contribution is -2.62. The smallest absolute Gasteiger partial charge is 0.0352 e. The summed E-state index contributed by atoms with van der Waals surface area (Å²) in [5, 5.41) is 3.67. The van der Waals surface area contributed by atoms with Gasteiger partial charge in [0.2, 0.25) is 0 Å². The molecule has 1 heterocycles. The maximum Gasteiger partial charge on any atom is 0.0352 e. The Morgan fingerprint density at radius 1 is 1.19 bits per heavy atom. The number of halogens is 1. The molecule has 1 unspecified atom stereocenters. The minimum atomic E-state index is 0.407. The topological polar surface area (TPSA) is 15.3 Å². The van der Waals surface area contributed by atoms with Crippen molar-refractivity contribution in [3.63, 3.8) is 0 Å². The van der Waals surface area contributed by atoms with Crippen LogP contribution in [0.1, 0.15) is 57.1 Å². The van der Waals surface area contributed by atoms with Crippen LogP contribution in [0.3, 0.4) is 0 Å². The molecule has 0 bridgehead atoms. The molecule has 3 heteroatoms. The summed E-state index contributed by atoms with van der Waals surface area (Å²) in [4.78, 5) is 2.84. The molecule has 0 radical (unpaired) electrons. The standard InChI is InChI=1S/C18H27BrN2/c1-2-17(15-6-8-16(19)9-7-15)21-13-12-20-14-18(21)10-4-3-5-11-18/h6-9,17,20H,2-5,10-14H2,1H3. The number of rotatable bonds is 3. The van der Waals surface area contributed by atoms with Gasteiger partial charge in [0.05, 0.1) is 0 Å². The van der Waals surface area contributed by atoms with Gasteiger partial charge >= 0.3 is 0 Å². The van der Waals surface area contributed by atoms with Gasteiger partial charge in [-0.25, -0.2) is 0 Å². The fourth-order valence-electron chi connectivity index (χ4n) is 4.34. The lowest BCUT2D eigenvalue weighted by atomic mass is 9.77. The molecule has 1 aromatic rings. The van der Waals surface area contributed by atoms with Gasteiger partial charge in [-0.15, -0.1) is 0 Å². The first kappa shape index (κ1) is 15.5. The molecule has 2 nitrogen and oxygen atoms in total. The van der Waals surface area contributed by atoms with Crippen LogP contribution < -0.4 is 5.32 Å². The summed E-state index contributed by atoms with van der Waals surface area (Å²) >= 11 is 3.56. The first-order valence-electron chi connectivity index (χ1n) is 8.48. The van der Waals surface area contributed by atoms with Crippen LogP contribution in [0.4, 0.5) is 0 Å². The van der Waals surface area contributed by atoms with Gasteiger partial charge in [0.25, 0.3) is 0 Å². The number of piperazine rings is 1. The van der Waals surface area contributed by atoms with E-state index in [9.17, 15) is 0 Å². The highest BCUT2D eigenvalue weighted by atomic mass is 79.9. The molecule has 1 saturated carbocycles. The van der Waals surface area contributed by atoms with Gasteiger partial charge in [0.1, 0.15) is 0 Å². The summed E-state index contributed by atoms with van der Waals surface area (Å²) in [5.41, 5.74) is 1.89. The van der Waals surface area contributed by atoms with Crippen molar-refractivity contribution >= 4 is 15.9 Å². The van der Waals surface area contributed by atoms with E-state index >= 15 is 0 Å². The lowest BCUT2D eigenvalue weighted by molar-refractivity contribution is -0.00977. The molecule has 2 fully saturated rings. The molecule has 2 aliphatic rings. The average molecular weight is 351 g/mol. The Hall–Kier alpha value is -0.380. The van der Waals surface area contributed by atoms with Gasteiger partial charge in [-0.2, -0.15) is 0 Å². The molecule has 0 amide bonds. The van der Waals surface area contributed by atoms with E-state index in [4.69, 9.17) is 0 Å². The summed E-state index contributed by atoms with van der Waals surface area (Å²) in [6.07, 6.45) is 8.15. The van der Waals surface area contributed by atoms with Crippen LogP contribution in [0.25, 0.3) is 0 Å². The van der Waals surface area contributed by atoms with E-state index < -0.39 is 0 Å². The second-order valence-corrected chi connectivity index (χ2v) is 7.55. The van der Waals surface area contributed by atoms with Crippen LogP contribution in [0.2, 0.25) is 0 Å². The summed E-state index contributed by atoms with van der Waals surface area (Å²) in [6, 6.07) is 9.55. The second-order valence-electron chi connectivity index (χ2n) is 6.63. The van der Waals surface area contributed by atoms with Gasteiger partial charge in [-0.3, -0.25) is 4.90 Å². The summed E-state index contributed by atoms with van der Waals surface area (Å²) in [6.45, 7) is 5.84. The number of nitrogens with one attached hydrogen (secondary N) is 1. The van der Waals surface area contributed by atoms with E-state index in [1.807, 2.05) is 0 Å². The van der Waals surface area contributed by atoms with Gasteiger partial charge in [-0.1, -0.05) is 54.2 Å². The molecule has 1 atom stereocenters. The maximum absolute atomic E-state index is 3.67. The summed E-state index contributed by atoms with van der Waals surface area (Å²) in [7, 11) is 0. The monoisotopic (exact) mass is 350 g/mol. The van der Waals surface area contributed by atoms with E-state index in [0.29, 0.717) is 11.6 Å². The first-order valence-corrected chi connectivity index (χ1v) is 9.27. The van der Waals surface area contributed by atoms with Gasteiger partial charge < -0.3 is 5.32 Å². The second kappa shape index (κ2) is 6.80. The Labute approximate surface area is 137 Å². The maximum atomic E-state index is 3.67. The summed E-state index contributed by atoms with van der Waals surface area (Å²) in [5.74, 6) is 0. The third-order valence-corrected chi connectivity index (χ3v) is 5.92. The van der Waals surface area contributed by atoms with E-state index in [-0.39, 0.29) is 0 Å². The predicted octanol–water partition coefficient (Wildman–Crippen LogP) is 4.51. The number of hydrogen-bond acceptors (Lipinski definition) is 2. The third kappa shape index (κ3) is 3.20. The van der Waals surface area contributed by atoms with Crippen LogP contribution in [0, 0.1) is 0 Å². The SMILES string of the molecule is CCC(c1ccc(Br)cc1)N1CCNCC12CCCCC2. The van der Waals surface area contributed by atoms with Crippen molar-refractivity contribution < 1.29 is 0 Å². The predicted molar refractivity (Wildman–Crippen MR) is 92.6 cm³/mol. The largest absolute Gasteiger partial charge is 0.314 e. The molecule has 3 rings (SSSR count).